The first kappa shape index (κ1) is 16.3. The molecule has 6 heteroatoms. The van der Waals surface area contributed by atoms with E-state index in [0.29, 0.717) is 12.2 Å². The summed E-state index contributed by atoms with van der Waals surface area (Å²) in [5, 5.41) is 0. The number of halogens is 3. The van der Waals surface area contributed by atoms with Crippen molar-refractivity contribution in [3.05, 3.63) is 35.4 Å². The molecule has 0 saturated carbocycles. The van der Waals surface area contributed by atoms with Crippen LogP contribution in [0.25, 0.3) is 0 Å². The largest absolute Gasteiger partial charge is 0.416 e. The summed E-state index contributed by atoms with van der Waals surface area (Å²) in [5.74, 6) is 0. The van der Waals surface area contributed by atoms with Gasteiger partial charge in [-0.05, 0) is 37.0 Å². The molecule has 0 amide bonds. The topological polar surface area (TPSA) is 27.7 Å². The third kappa shape index (κ3) is 4.69. The molecule has 2 atom stereocenters. The molecule has 3 nitrogen and oxygen atoms in total. The van der Waals surface area contributed by atoms with Gasteiger partial charge in [0.15, 0.2) is 6.29 Å². The Morgan fingerprint density at radius 3 is 2.48 bits per heavy atom. The van der Waals surface area contributed by atoms with Crippen LogP contribution in [0.4, 0.5) is 13.2 Å². The number of ether oxygens (including phenoxy) is 3. The Morgan fingerprint density at radius 1 is 1.24 bits per heavy atom. The first-order chi connectivity index (χ1) is 10.0. The molecule has 1 heterocycles. The monoisotopic (exact) mass is 304 g/mol. The number of benzene rings is 1. The summed E-state index contributed by atoms with van der Waals surface area (Å²) in [4.78, 5) is 0. The summed E-state index contributed by atoms with van der Waals surface area (Å²) in [5.41, 5.74) is -0.0182. The molecule has 0 N–H and O–H groups in total. The first-order valence-electron chi connectivity index (χ1n) is 6.94. The van der Waals surface area contributed by atoms with E-state index in [1.54, 1.807) is 0 Å². The maximum Gasteiger partial charge on any atom is 0.416 e. The Balaban J connectivity index is 2.06. The Morgan fingerprint density at radius 2 is 1.95 bits per heavy atom. The van der Waals surface area contributed by atoms with Crippen LogP contribution in [-0.2, 0) is 20.4 Å². The minimum Gasteiger partial charge on any atom is -0.382 e. The zero-order chi connectivity index (χ0) is 15.3. The van der Waals surface area contributed by atoms with Crippen molar-refractivity contribution in [2.75, 3.05) is 20.3 Å². The molecule has 21 heavy (non-hydrogen) atoms. The van der Waals surface area contributed by atoms with Crippen LogP contribution in [0, 0.1) is 0 Å². The molecule has 1 unspecified atom stereocenters. The van der Waals surface area contributed by atoms with Gasteiger partial charge in [0.05, 0.1) is 12.2 Å². The molecular formula is C15H19F3O3. The van der Waals surface area contributed by atoms with Crippen LogP contribution < -0.4 is 0 Å². The lowest BCUT2D eigenvalue weighted by atomic mass is 10.1. The van der Waals surface area contributed by atoms with Crippen molar-refractivity contribution >= 4 is 0 Å². The molecule has 1 aromatic carbocycles. The average molecular weight is 304 g/mol. The third-order valence-electron chi connectivity index (χ3n) is 3.38. The third-order valence-corrected chi connectivity index (χ3v) is 3.38. The maximum absolute atomic E-state index is 12.6. The van der Waals surface area contributed by atoms with Gasteiger partial charge in [-0.15, -0.1) is 0 Å². The van der Waals surface area contributed by atoms with Crippen LogP contribution in [0.1, 0.15) is 36.5 Å². The summed E-state index contributed by atoms with van der Waals surface area (Å²) in [6.45, 7) is 0.919. The van der Waals surface area contributed by atoms with E-state index in [2.05, 4.69) is 0 Å². The van der Waals surface area contributed by atoms with Crippen molar-refractivity contribution in [1.82, 2.24) is 0 Å². The molecule has 0 radical (unpaired) electrons. The van der Waals surface area contributed by atoms with Gasteiger partial charge < -0.3 is 14.2 Å². The quantitative estimate of drug-likeness (QED) is 0.825. The molecule has 118 valence electrons. The summed E-state index contributed by atoms with van der Waals surface area (Å²) in [6, 6.07) is 4.97. The van der Waals surface area contributed by atoms with Gasteiger partial charge in [-0.3, -0.25) is 0 Å². The smallest absolute Gasteiger partial charge is 0.382 e. The molecule has 1 aromatic rings. The van der Waals surface area contributed by atoms with E-state index in [-0.39, 0.29) is 12.9 Å². The lowest BCUT2D eigenvalue weighted by molar-refractivity contribution is -0.198. The Hall–Kier alpha value is -1.11. The molecule has 0 aliphatic carbocycles. The second-order valence-corrected chi connectivity index (χ2v) is 5.00. The molecule has 1 aliphatic rings. The van der Waals surface area contributed by atoms with Crippen LogP contribution in [0.3, 0.4) is 0 Å². The molecule has 1 fully saturated rings. The van der Waals surface area contributed by atoms with Crippen molar-refractivity contribution < 1.29 is 27.4 Å². The SMILES string of the molecule is COCC(O[C@@H]1CCCCO1)c1ccc(C(F)(F)F)cc1. The van der Waals surface area contributed by atoms with Crippen molar-refractivity contribution in [1.29, 1.82) is 0 Å². The zero-order valence-corrected chi connectivity index (χ0v) is 11.9. The Bertz CT molecular complexity index is 425. The molecular weight excluding hydrogens is 285 g/mol. The summed E-state index contributed by atoms with van der Waals surface area (Å²) >= 11 is 0. The van der Waals surface area contributed by atoms with Gasteiger partial charge in [0.1, 0.15) is 6.10 Å². The minimum absolute atomic E-state index is 0.269. The maximum atomic E-state index is 12.6. The van der Waals surface area contributed by atoms with Gasteiger partial charge in [0.25, 0.3) is 0 Å². The van der Waals surface area contributed by atoms with E-state index in [9.17, 15) is 13.2 Å². The normalized spacial score (nSPS) is 21.2. The van der Waals surface area contributed by atoms with Gasteiger partial charge in [-0.1, -0.05) is 12.1 Å². The van der Waals surface area contributed by atoms with Crippen LogP contribution in [-0.4, -0.2) is 26.6 Å². The van der Waals surface area contributed by atoms with E-state index in [4.69, 9.17) is 14.2 Å². The van der Waals surface area contributed by atoms with Crippen LogP contribution in [0.15, 0.2) is 24.3 Å². The minimum atomic E-state index is -4.33. The van der Waals surface area contributed by atoms with Crippen molar-refractivity contribution in [2.24, 2.45) is 0 Å². The predicted molar refractivity (Wildman–Crippen MR) is 70.7 cm³/mol. The fourth-order valence-corrected chi connectivity index (χ4v) is 2.25. The number of hydrogen-bond acceptors (Lipinski definition) is 3. The highest BCUT2D eigenvalue weighted by atomic mass is 19.4. The highest BCUT2D eigenvalue weighted by Crippen LogP contribution is 2.31. The van der Waals surface area contributed by atoms with Gasteiger partial charge >= 0.3 is 6.18 Å². The second kappa shape index (κ2) is 7.24. The standard InChI is InChI=1S/C15H19F3O3/c1-19-10-13(21-14-4-2-3-9-20-14)11-5-7-12(8-6-11)15(16,17)18/h5-8,13-14H,2-4,9-10H2,1H3/t13?,14-/m1/s1. The lowest BCUT2D eigenvalue weighted by Crippen LogP contribution is -2.26. The highest BCUT2D eigenvalue weighted by Gasteiger charge is 2.30. The van der Waals surface area contributed by atoms with E-state index in [0.717, 1.165) is 31.4 Å². The van der Waals surface area contributed by atoms with Crippen LogP contribution in [0.5, 0.6) is 0 Å². The molecule has 1 saturated heterocycles. The average Bonchev–Trinajstić information content (AvgIpc) is 2.47. The summed E-state index contributed by atoms with van der Waals surface area (Å²) in [6.07, 6.45) is -2.25. The highest BCUT2D eigenvalue weighted by molar-refractivity contribution is 5.26. The van der Waals surface area contributed by atoms with Crippen LogP contribution >= 0.6 is 0 Å². The Labute approximate surface area is 122 Å². The van der Waals surface area contributed by atoms with Gasteiger partial charge in [-0.2, -0.15) is 13.2 Å². The summed E-state index contributed by atoms with van der Waals surface area (Å²) < 4.78 is 54.1. The Kier molecular flexibility index (Phi) is 5.61. The van der Waals surface area contributed by atoms with Crippen molar-refractivity contribution in [2.45, 2.75) is 37.8 Å². The van der Waals surface area contributed by atoms with Gasteiger partial charge in [-0.25, -0.2) is 0 Å². The zero-order valence-electron chi connectivity index (χ0n) is 11.9. The van der Waals surface area contributed by atoms with E-state index in [1.165, 1.54) is 19.2 Å². The van der Waals surface area contributed by atoms with Crippen molar-refractivity contribution in [3.63, 3.8) is 0 Å². The molecule has 0 aromatic heterocycles. The summed E-state index contributed by atoms with van der Waals surface area (Å²) in [7, 11) is 1.53. The van der Waals surface area contributed by atoms with E-state index in [1.807, 2.05) is 0 Å². The molecule has 0 spiro atoms. The second-order valence-electron chi connectivity index (χ2n) is 5.00. The van der Waals surface area contributed by atoms with Gasteiger partial charge in [0, 0.05) is 13.7 Å². The number of alkyl halides is 3. The van der Waals surface area contributed by atoms with Gasteiger partial charge in [0.2, 0.25) is 0 Å². The lowest BCUT2D eigenvalue weighted by Gasteiger charge is -2.27. The molecule has 1 aliphatic heterocycles. The predicted octanol–water partition coefficient (Wildman–Crippen LogP) is 3.94. The van der Waals surface area contributed by atoms with E-state index >= 15 is 0 Å². The molecule has 0 bridgehead atoms. The first-order valence-corrected chi connectivity index (χ1v) is 6.94. The van der Waals surface area contributed by atoms with Crippen LogP contribution in [0.2, 0.25) is 0 Å². The van der Waals surface area contributed by atoms with Crippen molar-refractivity contribution in [3.8, 4) is 0 Å². The van der Waals surface area contributed by atoms with E-state index < -0.39 is 17.8 Å². The molecule has 2 rings (SSSR count). The fraction of sp³-hybridized carbons (Fsp3) is 0.600. The fourth-order valence-electron chi connectivity index (χ4n) is 2.25. The number of methoxy groups -OCH3 is 1. The number of hydrogen-bond donors (Lipinski definition) is 0. The number of rotatable bonds is 5.